The number of carbonyl (C=O) groups is 2. The van der Waals surface area contributed by atoms with E-state index in [1.165, 1.54) is 0 Å². The predicted molar refractivity (Wildman–Crippen MR) is 134 cm³/mol. The number of anilines is 1. The van der Waals surface area contributed by atoms with Gasteiger partial charge in [-0.2, -0.15) is 0 Å². The number of carbonyl (C=O) groups excluding carboxylic acids is 1. The van der Waals surface area contributed by atoms with Gasteiger partial charge >= 0.3 is 5.97 Å². The van der Waals surface area contributed by atoms with Crippen molar-refractivity contribution < 1.29 is 24.2 Å². The Balaban J connectivity index is 1.33. The molecule has 7 heteroatoms. The molecule has 5 rings (SSSR count). The summed E-state index contributed by atoms with van der Waals surface area (Å²) in [6.45, 7) is 2.83. The maximum absolute atomic E-state index is 13.4. The molecule has 1 unspecified atom stereocenters. The maximum atomic E-state index is 13.4. The number of aromatic nitrogens is 1. The van der Waals surface area contributed by atoms with Crippen LogP contribution in [0.2, 0.25) is 0 Å². The lowest BCUT2D eigenvalue weighted by Crippen LogP contribution is -2.41. The van der Waals surface area contributed by atoms with Crippen LogP contribution in [0.5, 0.6) is 11.5 Å². The summed E-state index contributed by atoms with van der Waals surface area (Å²) < 4.78 is 12.0. The van der Waals surface area contributed by atoms with Gasteiger partial charge in [-0.05, 0) is 60.5 Å². The van der Waals surface area contributed by atoms with Crippen LogP contribution in [-0.2, 0) is 4.79 Å². The number of para-hydroxylation sites is 2. The predicted octanol–water partition coefficient (Wildman–Crippen LogP) is 4.80. The normalized spacial score (nSPS) is 15.8. The van der Waals surface area contributed by atoms with Crippen LogP contribution in [0.3, 0.4) is 0 Å². The average Bonchev–Trinajstić information content (AvgIpc) is 3.32. The lowest BCUT2D eigenvalue weighted by atomic mass is 9.87. The molecular formula is C28H26N2O5. The van der Waals surface area contributed by atoms with Crippen molar-refractivity contribution in [3.63, 3.8) is 0 Å². The number of aromatic amines is 1. The van der Waals surface area contributed by atoms with Gasteiger partial charge in [-0.3, -0.25) is 9.59 Å². The van der Waals surface area contributed by atoms with Gasteiger partial charge in [0.15, 0.2) is 5.78 Å². The molecule has 0 amide bonds. The molecule has 1 aliphatic heterocycles. The van der Waals surface area contributed by atoms with E-state index in [0.717, 1.165) is 22.3 Å². The zero-order valence-electron chi connectivity index (χ0n) is 19.5. The summed E-state index contributed by atoms with van der Waals surface area (Å²) in [5.74, 6) is -1.51. The van der Waals surface area contributed by atoms with Gasteiger partial charge in [-0.1, -0.05) is 24.3 Å². The molecule has 0 spiro atoms. The van der Waals surface area contributed by atoms with E-state index in [2.05, 4.69) is 9.88 Å². The third-order valence-electron chi connectivity index (χ3n) is 6.40. The van der Waals surface area contributed by atoms with Crippen LogP contribution in [-0.4, -0.2) is 48.1 Å². The van der Waals surface area contributed by atoms with Crippen molar-refractivity contribution in [2.75, 3.05) is 25.1 Å². The molecule has 0 radical (unpaired) electrons. The second-order valence-corrected chi connectivity index (χ2v) is 8.80. The van der Waals surface area contributed by atoms with E-state index in [1.807, 2.05) is 37.4 Å². The fraction of sp³-hybridized carbons (Fsp3) is 0.214. The number of nitrogens with zero attached hydrogens (tertiary/aromatic N) is 1. The Morgan fingerprint density at radius 3 is 2.77 bits per heavy atom. The van der Waals surface area contributed by atoms with Crippen molar-refractivity contribution in [1.29, 1.82) is 0 Å². The smallest absolute Gasteiger partial charge is 0.318 e. The van der Waals surface area contributed by atoms with Crippen molar-refractivity contribution in [3.8, 4) is 11.5 Å². The lowest BCUT2D eigenvalue weighted by Gasteiger charge is -2.33. The molecule has 0 saturated heterocycles. The van der Waals surface area contributed by atoms with E-state index in [9.17, 15) is 14.7 Å². The number of likely N-dealkylation sites (N-methyl/N-ethyl adjacent to an activating group) is 1. The number of aliphatic carboxylic acids is 1. The Morgan fingerprint density at radius 2 is 1.97 bits per heavy atom. The SMILES string of the molecule is Cc1cc(OC[C@@H]2CN(C)c3ccccc3O2)ccc1C(=O)C(C(=O)O)c1cccc2[nH]ccc12. The minimum Gasteiger partial charge on any atom is -0.490 e. The summed E-state index contributed by atoms with van der Waals surface area (Å²) >= 11 is 0. The minimum absolute atomic E-state index is 0.144. The maximum Gasteiger partial charge on any atom is 0.318 e. The molecule has 0 fully saturated rings. The minimum atomic E-state index is -1.30. The van der Waals surface area contributed by atoms with Crippen LogP contribution in [0, 0.1) is 6.92 Å². The van der Waals surface area contributed by atoms with Crippen LogP contribution in [0.25, 0.3) is 10.9 Å². The van der Waals surface area contributed by atoms with E-state index < -0.39 is 17.7 Å². The summed E-state index contributed by atoms with van der Waals surface area (Å²) in [7, 11) is 2.02. The summed E-state index contributed by atoms with van der Waals surface area (Å²) in [4.78, 5) is 30.8. The number of carboxylic acid groups (broad SMARTS) is 1. The van der Waals surface area contributed by atoms with Crippen LogP contribution in [0.4, 0.5) is 5.69 Å². The molecule has 2 N–H and O–H groups in total. The number of H-pyrrole nitrogens is 1. The van der Waals surface area contributed by atoms with E-state index in [0.29, 0.717) is 35.6 Å². The molecule has 0 saturated carbocycles. The van der Waals surface area contributed by atoms with Gasteiger partial charge in [0.25, 0.3) is 0 Å². The summed E-state index contributed by atoms with van der Waals surface area (Å²) in [5, 5.41) is 10.7. The van der Waals surface area contributed by atoms with Gasteiger partial charge in [0.05, 0.1) is 12.2 Å². The third-order valence-corrected chi connectivity index (χ3v) is 6.40. The van der Waals surface area contributed by atoms with E-state index in [-0.39, 0.29) is 6.10 Å². The zero-order chi connectivity index (χ0) is 24.5. The van der Waals surface area contributed by atoms with Crippen LogP contribution in [0.1, 0.15) is 27.4 Å². The van der Waals surface area contributed by atoms with Crippen molar-refractivity contribution in [2.45, 2.75) is 18.9 Å². The molecule has 1 aromatic heterocycles. The molecule has 3 aromatic carbocycles. The third kappa shape index (κ3) is 4.33. The van der Waals surface area contributed by atoms with Crippen LogP contribution >= 0.6 is 0 Å². The molecule has 178 valence electrons. The topological polar surface area (TPSA) is 91.9 Å². The fourth-order valence-electron chi connectivity index (χ4n) is 4.67. The first-order chi connectivity index (χ1) is 16.9. The van der Waals surface area contributed by atoms with E-state index in [1.54, 1.807) is 49.5 Å². The highest BCUT2D eigenvalue weighted by atomic mass is 16.5. The van der Waals surface area contributed by atoms with Crippen molar-refractivity contribution >= 4 is 28.3 Å². The summed E-state index contributed by atoms with van der Waals surface area (Å²) in [5.41, 5.74) is 3.33. The van der Waals surface area contributed by atoms with E-state index in [4.69, 9.17) is 9.47 Å². The number of nitrogens with one attached hydrogen (secondary N) is 1. The Morgan fingerprint density at radius 1 is 1.14 bits per heavy atom. The molecule has 1 aliphatic rings. The Kier molecular flexibility index (Phi) is 5.91. The second kappa shape index (κ2) is 9.18. The molecular weight excluding hydrogens is 444 g/mol. The number of ether oxygens (including phenoxy) is 2. The van der Waals surface area contributed by atoms with Gasteiger partial charge in [-0.15, -0.1) is 0 Å². The lowest BCUT2D eigenvalue weighted by molar-refractivity contribution is -0.137. The first-order valence-corrected chi connectivity index (χ1v) is 11.5. The van der Waals surface area contributed by atoms with Gasteiger partial charge in [0.1, 0.15) is 30.1 Å². The largest absolute Gasteiger partial charge is 0.490 e. The highest BCUT2D eigenvalue weighted by Crippen LogP contribution is 2.33. The molecule has 2 heterocycles. The highest BCUT2D eigenvalue weighted by molar-refractivity contribution is 6.15. The molecule has 7 nitrogen and oxygen atoms in total. The number of hydrogen-bond donors (Lipinski definition) is 2. The molecule has 2 atom stereocenters. The van der Waals surface area contributed by atoms with Crippen LogP contribution < -0.4 is 14.4 Å². The van der Waals surface area contributed by atoms with Crippen molar-refractivity contribution in [1.82, 2.24) is 4.98 Å². The van der Waals surface area contributed by atoms with Gasteiger partial charge < -0.3 is 24.5 Å². The summed E-state index contributed by atoms with van der Waals surface area (Å²) in [6, 6.07) is 20.1. The molecule has 0 bridgehead atoms. The number of aryl methyl sites for hydroxylation is 1. The zero-order valence-corrected chi connectivity index (χ0v) is 19.5. The number of fused-ring (bicyclic) bond motifs is 2. The molecule has 35 heavy (non-hydrogen) atoms. The Hall–Kier alpha value is -4.26. The number of Topliss-reactive ketones (excluding diaryl/α,β-unsaturated/α-hetero) is 1. The Labute approximate surface area is 202 Å². The van der Waals surface area contributed by atoms with Crippen molar-refractivity contribution in [2.24, 2.45) is 0 Å². The number of rotatable bonds is 7. The molecule has 4 aromatic rings. The number of ketones is 1. The first kappa shape index (κ1) is 22.5. The fourth-order valence-corrected chi connectivity index (χ4v) is 4.67. The number of benzene rings is 3. The standard InChI is InChI=1S/C28H26N2O5/c1-17-14-18(34-16-19-15-30(2)24-8-3-4-9-25(24)35-19)10-11-20(17)27(31)26(28(32)33)22-6-5-7-23-21(22)12-13-29-23/h3-14,19,26,29H,15-16H2,1-2H3,(H,32,33)/t19-,26?/m0/s1. The van der Waals surface area contributed by atoms with Gasteiger partial charge in [-0.25, -0.2) is 0 Å². The Bertz CT molecular complexity index is 1410. The van der Waals surface area contributed by atoms with E-state index >= 15 is 0 Å². The first-order valence-electron chi connectivity index (χ1n) is 11.5. The van der Waals surface area contributed by atoms with Crippen LogP contribution in [0.15, 0.2) is 72.9 Å². The average molecular weight is 471 g/mol. The summed E-state index contributed by atoms with van der Waals surface area (Å²) in [6.07, 6.45) is 1.59. The number of hydrogen-bond acceptors (Lipinski definition) is 5. The second-order valence-electron chi connectivity index (χ2n) is 8.80. The number of carboxylic acids is 1. The van der Waals surface area contributed by atoms with Crippen molar-refractivity contribution in [3.05, 3.63) is 89.6 Å². The quantitative estimate of drug-likeness (QED) is 0.298. The highest BCUT2D eigenvalue weighted by Gasteiger charge is 2.32. The van der Waals surface area contributed by atoms with Gasteiger partial charge in [0.2, 0.25) is 0 Å². The molecule has 0 aliphatic carbocycles. The monoisotopic (exact) mass is 470 g/mol. The van der Waals surface area contributed by atoms with Gasteiger partial charge in [0, 0.05) is 29.7 Å².